The molecule has 3 aromatic rings. The molecule has 25 heavy (non-hydrogen) atoms. The van der Waals surface area contributed by atoms with Gasteiger partial charge in [0.15, 0.2) is 12.9 Å². The van der Waals surface area contributed by atoms with Crippen LogP contribution in [0, 0.1) is 0 Å². The topological polar surface area (TPSA) is 34.1 Å². The average Bonchev–Trinajstić information content (AvgIpc) is 2.69. The number of hydrogen-bond acceptors (Lipinski definition) is 2. The predicted molar refractivity (Wildman–Crippen MR) is 103 cm³/mol. The van der Waals surface area contributed by atoms with Gasteiger partial charge in [0, 0.05) is 16.2 Å². The third-order valence-corrected chi connectivity index (χ3v) is 8.49. The molecule has 1 atom stereocenters. The molecule has 1 aliphatic carbocycles. The fraction of sp³-hybridized carbons (Fsp3) is 0.136. The summed E-state index contributed by atoms with van der Waals surface area (Å²) in [5.41, 5.74) is 1.30. The first kappa shape index (κ1) is 16.1. The van der Waals surface area contributed by atoms with Gasteiger partial charge in [-0.2, -0.15) is 0 Å². The molecule has 0 amide bonds. The van der Waals surface area contributed by atoms with E-state index in [4.69, 9.17) is 0 Å². The van der Waals surface area contributed by atoms with Crippen LogP contribution in [0.2, 0.25) is 0 Å². The number of rotatable bonds is 3. The van der Waals surface area contributed by atoms with Crippen LogP contribution in [-0.2, 0) is 11.0 Å². The Hall–Kier alpha value is -2.44. The molecule has 3 aromatic carbocycles. The second-order valence-corrected chi connectivity index (χ2v) is 9.38. The first-order valence-corrected chi connectivity index (χ1v) is 10.3. The quantitative estimate of drug-likeness (QED) is 0.666. The fourth-order valence-electron chi connectivity index (χ4n) is 3.74. The van der Waals surface area contributed by atoms with Gasteiger partial charge < -0.3 is 4.57 Å². The van der Waals surface area contributed by atoms with Crippen molar-refractivity contribution in [1.29, 1.82) is 0 Å². The fourth-order valence-corrected chi connectivity index (χ4v) is 6.95. The highest BCUT2D eigenvalue weighted by atomic mass is 31.2. The highest BCUT2D eigenvalue weighted by molar-refractivity contribution is 7.80. The van der Waals surface area contributed by atoms with Gasteiger partial charge in [0.1, 0.15) is 0 Å². The van der Waals surface area contributed by atoms with E-state index >= 15 is 0 Å². The van der Waals surface area contributed by atoms with E-state index in [1.807, 2.05) is 84.9 Å². The minimum absolute atomic E-state index is 0.0119. The Morgan fingerprint density at radius 3 is 1.84 bits per heavy atom. The van der Waals surface area contributed by atoms with Crippen molar-refractivity contribution in [3.63, 3.8) is 0 Å². The monoisotopic (exact) mass is 346 g/mol. The maximum Gasteiger partial charge on any atom is 0.174 e. The Morgan fingerprint density at radius 1 is 0.720 bits per heavy atom. The first-order chi connectivity index (χ1) is 12.2. The summed E-state index contributed by atoms with van der Waals surface area (Å²) in [7, 11) is -3.06. The van der Waals surface area contributed by atoms with Gasteiger partial charge in [0.2, 0.25) is 0 Å². The Bertz CT molecular complexity index is 905. The summed E-state index contributed by atoms with van der Waals surface area (Å²) in [4.78, 5) is 13.2. The molecule has 124 valence electrons. The number of hydrogen-bond donors (Lipinski definition) is 0. The summed E-state index contributed by atoms with van der Waals surface area (Å²) >= 11 is 0. The van der Waals surface area contributed by atoms with Gasteiger partial charge in [-0.25, -0.2) is 0 Å². The van der Waals surface area contributed by atoms with Gasteiger partial charge in [-0.15, -0.1) is 0 Å². The largest absolute Gasteiger partial charge is 0.313 e. The molecule has 0 fully saturated rings. The summed E-state index contributed by atoms with van der Waals surface area (Å²) in [5.74, 6) is 0.0119. The minimum atomic E-state index is -3.06. The summed E-state index contributed by atoms with van der Waals surface area (Å²) in [6.07, 6.45) is 1.41. The number of ketones is 1. The third kappa shape index (κ3) is 2.67. The van der Waals surface area contributed by atoms with Crippen LogP contribution in [-0.4, -0.2) is 11.4 Å². The Morgan fingerprint density at radius 2 is 1.24 bits per heavy atom. The van der Waals surface area contributed by atoms with Crippen molar-refractivity contribution in [2.24, 2.45) is 0 Å². The lowest BCUT2D eigenvalue weighted by Crippen LogP contribution is -2.35. The average molecular weight is 346 g/mol. The van der Waals surface area contributed by atoms with E-state index in [9.17, 15) is 9.36 Å². The Balaban J connectivity index is 1.89. The first-order valence-electron chi connectivity index (χ1n) is 8.54. The van der Waals surface area contributed by atoms with Crippen molar-refractivity contribution in [1.82, 2.24) is 0 Å². The van der Waals surface area contributed by atoms with Gasteiger partial charge in [0.05, 0.1) is 5.66 Å². The number of carbonyl (C=O) groups excluding carboxylic acids is 1. The maximum atomic E-state index is 14.4. The Kier molecular flexibility index (Phi) is 4.15. The van der Waals surface area contributed by atoms with E-state index in [2.05, 4.69) is 0 Å². The van der Waals surface area contributed by atoms with Crippen LogP contribution in [0.3, 0.4) is 0 Å². The lowest BCUT2D eigenvalue weighted by atomic mass is 9.90. The highest BCUT2D eigenvalue weighted by Crippen LogP contribution is 2.52. The van der Waals surface area contributed by atoms with Crippen LogP contribution in [0.25, 0.3) is 0 Å². The second kappa shape index (κ2) is 6.46. The van der Waals surface area contributed by atoms with E-state index < -0.39 is 12.8 Å². The van der Waals surface area contributed by atoms with Gasteiger partial charge in [-0.3, -0.25) is 4.79 Å². The van der Waals surface area contributed by atoms with Crippen LogP contribution in [0.1, 0.15) is 22.3 Å². The van der Waals surface area contributed by atoms with E-state index in [0.29, 0.717) is 6.42 Å². The van der Waals surface area contributed by atoms with Crippen LogP contribution in [0.4, 0.5) is 0 Å². The molecule has 4 rings (SSSR count). The van der Waals surface area contributed by atoms with Gasteiger partial charge >= 0.3 is 0 Å². The molecule has 0 aliphatic heterocycles. The minimum Gasteiger partial charge on any atom is -0.313 e. The molecule has 0 aromatic heterocycles. The summed E-state index contributed by atoms with van der Waals surface area (Å²) in [5, 5.41) is 1.53. The van der Waals surface area contributed by atoms with Crippen LogP contribution < -0.4 is 10.6 Å². The van der Waals surface area contributed by atoms with Crippen molar-refractivity contribution >= 4 is 23.5 Å². The zero-order valence-corrected chi connectivity index (χ0v) is 14.7. The predicted octanol–water partition coefficient (Wildman–Crippen LogP) is 4.20. The molecule has 0 saturated carbocycles. The van der Waals surface area contributed by atoms with Crippen molar-refractivity contribution < 1.29 is 9.36 Å². The van der Waals surface area contributed by atoms with E-state index in [-0.39, 0.29) is 5.78 Å². The molecule has 2 nitrogen and oxygen atoms in total. The maximum absolute atomic E-state index is 14.4. The van der Waals surface area contributed by atoms with Crippen molar-refractivity contribution in [2.75, 3.05) is 0 Å². The molecule has 0 saturated heterocycles. The normalized spacial score (nSPS) is 17.1. The zero-order chi connectivity index (χ0) is 17.3. The highest BCUT2D eigenvalue weighted by Gasteiger charge is 2.43. The van der Waals surface area contributed by atoms with Crippen molar-refractivity contribution in [3.05, 3.63) is 96.1 Å². The molecule has 1 aliphatic rings. The standard InChI is InChI=1S/C22H19O2P/c23-22-20-14-8-7-9-17(20)15-16-21(22)25(24,18-10-3-1-4-11-18)19-12-5-2-6-13-19/h1-14,21H,15-16H2. The van der Waals surface area contributed by atoms with Crippen LogP contribution in [0.15, 0.2) is 84.9 Å². The smallest absolute Gasteiger partial charge is 0.174 e. The number of Topliss-reactive ketones (excluding diaryl/α,β-unsaturated/α-hetero) is 1. The SMILES string of the molecule is O=C1c2ccccc2CCC1P(=O)(c1ccccc1)c1ccccc1. The van der Waals surface area contributed by atoms with Gasteiger partial charge in [-0.05, 0) is 18.4 Å². The molecular formula is C22H19O2P. The molecule has 0 spiro atoms. The molecule has 1 unspecified atom stereocenters. The Labute approximate surface area is 147 Å². The summed E-state index contributed by atoms with van der Waals surface area (Å²) in [6.45, 7) is 0. The lowest BCUT2D eigenvalue weighted by molar-refractivity contribution is 0.0976. The lowest BCUT2D eigenvalue weighted by Gasteiger charge is -2.31. The zero-order valence-electron chi connectivity index (χ0n) is 13.8. The van der Waals surface area contributed by atoms with Gasteiger partial charge in [-0.1, -0.05) is 84.9 Å². The van der Waals surface area contributed by atoms with Crippen molar-refractivity contribution in [2.45, 2.75) is 18.5 Å². The third-order valence-electron chi connectivity index (χ3n) is 4.99. The van der Waals surface area contributed by atoms with E-state index in [1.165, 1.54) is 0 Å². The number of fused-ring (bicyclic) bond motifs is 1. The molecular weight excluding hydrogens is 327 g/mol. The molecule has 0 bridgehead atoms. The second-order valence-electron chi connectivity index (χ2n) is 6.40. The number of carbonyl (C=O) groups is 1. The molecule has 3 heteroatoms. The molecule has 0 radical (unpaired) electrons. The van der Waals surface area contributed by atoms with E-state index in [0.717, 1.165) is 28.2 Å². The molecule has 0 heterocycles. The number of benzene rings is 3. The number of aryl methyl sites for hydroxylation is 1. The molecule has 0 N–H and O–H groups in total. The van der Waals surface area contributed by atoms with Crippen LogP contribution >= 0.6 is 7.14 Å². The van der Waals surface area contributed by atoms with E-state index in [1.54, 1.807) is 0 Å². The summed E-state index contributed by atoms with van der Waals surface area (Å²) in [6, 6.07) is 26.7. The van der Waals surface area contributed by atoms with Crippen molar-refractivity contribution in [3.8, 4) is 0 Å². The van der Waals surface area contributed by atoms with Crippen LogP contribution in [0.5, 0.6) is 0 Å². The van der Waals surface area contributed by atoms with Gasteiger partial charge in [0.25, 0.3) is 0 Å². The summed E-state index contributed by atoms with van der Waals surface area (Å²) < 4.78 is 14.4.